The Bertz CT molecular complexity index is 1020. The molecule has 1 amide bonds. The first-order valence-corrected chi connectivity index (χ1v) is 8.65. The first-order valence-electron chi connectivity index (χ1n) is 8.65. The number of hydrogen-bond acceptors (Lipinski definition) is 7. The molecule has 0 N–H and O–H groups in total. The van der Waals surface area contributed by atoms with Gasteiger partial charge in [0.05, 0.1) is 5.69 Å². The maximum atomic E-state index is 12.7. The van der Waals surface area contributed by atoms with E-state index in [1.54, 1.807) is 24.2 Å². The van der Waals surface area contributed by atoms with E-state index in [4.69, 9.17) is 0 Å². The molecule has 148 valence electrons. The molecule has 0 fully saturated rings. The lowest BCUT2D eigenvalue weighted by Crippen LogP contribution is -2.27. The molecule has 0 unspecified atom stereocenters. The van der Waals surface area contributed by atoms with Gasteiger partial charge in [0.1, 0.15) is 5.69 Å². The Morgan fingerprint density at radius 3 is 2.61 bits per heavy atom. The second-order valence-corrected chi connectivity index (χ2v) is 6.35. The second kappa shape index (κ2) is 7.58. The number of aromatic nitrogens is 7. The van der Waals surface area contributed by atoms with E-state index in [2.05, 4.69) is 20.3 Å². The van der Waals surface area contributed by atoms with Gasteiger partial charge in [0.25, 0.3) is 5.91 Å². The predicted octanol–water partition coefficient (Wildman–Crippen LogP) is 0.994. The van der Waals surface area contributed by atoms with Crippen LogP contribution >= 0.6 is 0 Å². The third-order valence-electron chi connectivity index (χ3n) is 4.41. The summed E-state index contributed by atoms with van der Waals surface area (Å²) in [4.78, 5) is 27.8. The van der Waals surface area contributed by atoms with E-state index in [0.717, 1.165) is 23.5 Å². The minimum absolute atomic E-state index is 0.110. The van der Waals surface area contributed by atoms with E-state index < -0.39 is 10.9 Å². The van der Waals surface area contributed by atoms with Crippen molar-refractivity contribution in [1.29, 1.82) is 0 Å². The van der Waals surface area contributed by atoms with E-state index in [-0.39, 0.29) is 18.3 Å². The van der Waals surface area contributed by atoms with Gasteiger partial charge in [0.15, 0.2) is 6.67 Å². The molecule has 0 saturated carbocycles. The number of nitro groups is 1. The molecule has 28 heavy (non-hydrogen) atoms. The Balaban J connectivity index is 1.69. The summed E-state index contributed by atoms with van der Waals surface area (Å²) in [5.74, 6) is -0.715. The normalized spacial score (nSPS) is 11.0. The van der Waals surface area contributed by atoms with E-state index in [1.165, 1.54) is 15.7 Å². The van der Waals surface area contributed by atoms with Crippen LogP contribution in [0.25, 0.3) is 0 Å². The van der Waals surface area contributed by atoms with Crippen molar-refractivity contribution in [2.75, 3.05) is 7.05 Å². The molecule has 0 atom stereocenters. The van der Waals surface area contributed by atoms with Crippen LogP contribution in [0.4, 0.5) is 5.95 Å². The van der Waals surface area contributed by atoms with Gasteiger partial charge in [0.2, 0.25) is 6.33 Å². The molecule has 0 aliphatic heterocycles. The Morgan fingerprint density at radius 2 is 2.00 bits per heavy atom. The van der Waals surface area contributed by atoms with Crippen LogP contribution in [-0.2, 0) is 19.8 Å². The molecule has 0 bridgehead atoms. The van der Waals surface area contributed by atoms with Crippen molar-refractivity contribution in [2.24, 2.45) is 0 Å². The van der Waals surface area contributed by atoms with Crippen molar-refractivity contribution in [1.82, 2.24) is 39.2 Å². The first-order chi connectivity index (χ1) is 13.3. The summed E-state index contributed by atoms with van der Waals surface area (Å²) in [6.07, 6.45) is 2.85. The summed E-state index contributed by atoms with van der Waals surface area (Å²) < 4.78 is 4.65. The van der Waals surface area contributed by atoms with Gasteiger partial charge >= 0.3 is 5.95 Å². The Hall–Kier alpha value is -3.57. The summed E-state index contributed by atoms with van der Waals surface area (Å²) in [5.41, 5.74) is 3.23. The number of aryl methyl sites for hydroxylation is 2. The highest BCUT2D eigenvalue weighted by atomic mass is 16.6. The van der Waals surface area contributed by atoms with Crippen LogP contribution in [0.2, 0.25) is 0 Å². The van der Waals surface area contributed by atoms with Crippen molar-refractivity contribution in [3.8, 4) is 0 Å². The van der Waals surface area contributed by atoms with Crippen molar-refractivity contribution in [3.63, 3.8) is 0 Å². The van der Waals surface area contributed by atoms with Gasteiger partial charge in [-0.15, -0.1) is 0 Å². The number of amides is 1. The highest BCUT2D eigenvalue weighted by Crippen LogP contribution is 2.16. The van der Waals surface area contributed by atoms with Crippen LogP contribution in [0.15, 0.2) is 18.6 Å². The average molecular weight is 387 g/mol. The number of rotatable bonds is 7. The Labute approximate surface area is 160 Å². The minimum Gasteiger partial charge on any atom is -0.390 e. The van der Waals surface area contributed by atoms with Crippen molar-refractivity contribution >= 4 is 11.9 Å². The first kappa shape index (κ1) is 19.2. The number of nitrogens with zero attached hydrogens (tertiary/aromatic N) is 9. The molecule has 3 aromatic heterocycles. The maximum absolute atomic E-state index is 12.7. The molecular formula is C16H21N9O3. The van der Waals surface area contributed by atoms with Crippen molar-refractivity contribution < 1.29 is 9.72 Å². The molecular weight excluding hydrogens is 366 g/mol. The van der Waals surface area contributed by atoms with Crippen molar-refractivity contribution in [3.05, 3.63) is 51.4 Å². The summed E-state index contributed by atoms with van der Waals surface area (Å²) >= 11 is 0. The van der Waals surface area contributed by atoms with Gasteiger partial charge in [0, 0.05) is 42.7 Å². The molecule has 12 heteroatoms. The molecule has 3 aromatic rings. The number of hydrogen-bond donors (Lipinski definition) is 0. The molecule has 0 spiro atoms. The summed E-state index contributed by atoms with van der Waals surface area (Å²) in [7, 11) is 1.71. The average Bonchev–Trinajstić information content (AvgIpc) is 3.37. The number of carbonyl (C=O) groups is 1. The monoisotopic (exact) mass is 387 g/mol. The predicted molar refractivity (Wildman–Crippen MR) is 97.5 cm³/mol. The van der Waals surface area contributed by atoms with Crippen LogP contribution in [-0.4, -0.2) is 57.1 Å². The van der Waals surface area contributed by atoms with Crippen LogP contribution in [0.1, 0.15) is 34.4 Å². The zero-order valence-electron chi connectivity index (χ0n) is 16.1. The molecule has 0 aliphatic rings. The maximum Gasteiger partial charge on any atom is 0.491 e. The zero-order chi connectivity index (χ0) is 20.4. The summed E-state index contributed by atoms with van der Waals surface area (Å²) in [5, 5.41) is 23.1. The van der Waals surface area contributed by atoms with E-state index >= 15 is 0 Å². The molecule has 0 saturated heterocycles. The largest absolute Gasteiger partial charge is 0.491 e. The van der Waals surface area contributed by atoms with Gasteiger partial charge in [-0.2, -0.15) is 14.9 Å². The van der Waals surface area contributed by atoms with Gasteiger partial charge in [-0.25, -0.2) is 4.68 Å². The highest BCUT2D eigenvalue weighted by Gasteiger charge is 2.20. The van der Waals surface area contributed by atoms with Gasteiger partial charge in [-0.1, -0.05) is 4.98 Å². The fourth-order valence-electron chi connectivity index (χ4n) is 2.91. The highest BCUT2D eigenvalue weighted by molar-refractivity contribution is 5.92. The van der Waals surface area contributed by atoms with Crippen molar-refractivity contribution in [2.45, 2.75) is 40.5 Å². The van der Waals surface area contributed by atoms with Gasteiger partial charge in [-0.3, -0.25) is 9.48 Å². The molecule has 3 rings (SSSR count). The SMILES string of the molecule is CCn1nc(C)c(CN(C)C(=O)c2ccn(Cn3cnc([N+](=O)[O-])n3)n2)c1C. The molecule has 0 aromatic carbocycles. The minimum atomic E-state index is -0.672. The summed E-state index contributed by atoms with van der Waals surface area (Å²) in [6.45, 7) is 7.25. The van der Waals surface area contributed by atoms with Gasteiger partial charge < -0.3 is 15.0 Å². The lowest BCUT2D eigenvalue weighted by Gasteiger charge is -2.16. The fraction of sp³-hybridized carbons (Fsp3) is 0.438. The summed E-state index contributed by atoms with van der Waals surface area (Å²) in [6, 6.07) is 1.60. The Kier molecular flexibility index (Phi) is 5.20. The Morgan fingerprint density at radius 1 is 1.25 bits per heavy atom. The molecule has 0 radical (unpaired) electrons. The van der Waals surface area contributed by atoms with Crippen LogP contribution in [0, 0.1) is 24.0 Å². The van der Waals surface area contributed by atoms with Crippen LogP contribution in [0.5, 0.6) is 0 Å². The van der Waals surface area contributed by atoms with E-state index in [0.29, 0.717) is 6.54 Å². The molecule has 3 heterocycles. The van der Waals surface area contributed by atoms with Crippen LogP contribution in [0.3, 0.4) is 0 Å². The number of carbonyl (C=O) groups excluding carboxylic acids is 1. The third kappa shape index (κ3) is 3.75. The third-order valence-corrected chi connectivity index (χ3v) is 4.41. The zero-order valence-corrected chi connectivity index (χ0v) is 16.1. The smallest absolute Gasteiger partial charge is 0.390 e. The van der Waals surface area contributed by atoms with Gasteiger partial charge in [-0.05, 0) is 31.8 Å². The molecule has 0 aliphatic carbocycles. The fourth-order valence-corrected chi connectivity index (χ4v) is 2.91. The topological polar surface area (TPSA) is 130 Å². The molecule has 12 nitrogen and oxygen atoms in total. The van der Waals surface area contributed by atoms with E-state index in [9.17, 15) is 14.9 Å². The van der Waals surface area contributed by atoms with E-state index in [1.807, 2.05) is 25.5 Å². The second-order valence-electron chi connectivity index (χ2n) is 6.35. The lowest BCUT2D eigenvalue weighted by atomic mass is 10.2. The standard InChI is InChI=1S/C16H21N9O3/c1-5-24-12(3)13(11(2)18-24)8-21(4)15(26)14-6-7-22(19-14)10-23-9-17-16(20-23)25(27)28/h6-7,9H,5,8,10H2,1-4H3. The van der Waals surface area contributed by atoms with Crippen LogP contribution < -0.4 is 0 Å². The quantitative estimate of drug-likeness (QED) is 0.436. The lowest BCUT2D eigenvalue weighted by molar-refractivity contribution is -0.394.